The van der Waals surface area contributed by atoms with E-state index in [0.29, 0.717) is 24.2 Å². The van der Waals surface area contributed by atoms with Gasteiger partial charge >= 0.3 is 0 Å². The summed E-state index contributed by atoms with van der Waals surface area (Å²) in [5, 5.41) is 21.5. The van der Waals surface area contributed by atoms with Crippen LogP contribution in [0.15, 0.2) is 24.3 Å². The number of nitrogens with one attached hydrogen (secondary N) is 1. The predicted octanol–water partition coefficient (Wildman–Crippen LogP) is 1.59. The van der Waals surface area contributed by atoms with Gasteiger partial charge in [0.2, 0.25) is 5.91 Å². The second-order valence-corrected chi connectivity index (χ2v) is 5.69. The van der Waals surface area contributed by atoms with Gasteiger partial charge in [-0.3, -0.25) is 9.69 Å². The van der Waals surface area contributed by atoms with Crippen LogP contribution in [0.2, 0.25) is 0 Å². The fraction of sp³-hybridized carbons (Fsp3) is 0.500. The molecule has 3 atom stereocenters. The summed E-state index contributed by atoms with van der Waals surface area (Å²) in [4.78, 5) is 14.4. The van der Waals surface area contributed by atoms with E-state index >= 15 is 0 Å². The molecule has 1 aliphatic heterocycles. The number of nitriles is 1. The summed E-state index contributed by atoms with van der Waals surface area (Å²) in [5.74, 6) is 0.0876. The monoisotopic (exact) mass is 287 g/mol. The van der Waals surface area contributed by atoms with Gasteiger partial charge in [0.25, 0.3) is 0 Å². The number of aliphatic hydroxyl groups is 1. The molecule has 1 aromatic carbocycles. The molecule has 5 heteroatoms. The SMILES string of the molecule is CC1CN(C(C)C(=O)Nc2cccc(C#N)c2)CCC1O. The molecule has 21 heavy (non-hydrogen) atoms. The van der Waals surface area contributed by atoms with Crippen LogP contribution < -0.4 is 5.32 Å². The second kappa shape index (κ2) is 6.70. The van der Waals surface area contributed by atoms with E-state index in [-0.39, 0.29) is 24.0 Å². The minimum absolute atomic E-state index is 0.0892. The maximum atomic E-state index is 12.3. The van der Waals surface area contributed by atoms with Crippen molar-refractivity contribution in [1.29, 1.82) is 5.26 Å². The Hall–Kier alpha value is -1.90. The van der Waals surface area contributed by atoms with Crippen molar-refractivity contribution in [2.24, 2.45) is 5.92 Å². The van der Waals surface area contributed by atoms with Crippen molar-refractivity contribution in [2.75, 3.05) is 18.4 Å². The van der Waals surface area contributed by atoms with E-state index in [1.807, 2.05) is 13.8 Å². The normalized spacial score (nSPS) is 24.1. The highest BCUT2D eigenvalue weighted by molar-refractivity contribution is 5.94. The van der Waals surface area contributed by atoms with Crippen LogP contribution in [0, 0.1) is 17.2 Å². The molecule has 2 N–H and O–H groups in total. The van der Waals surface area contributed by atoms with E-state index in [4.69, 9.17) is 5.26 Å². The van der Waals surface area contributed by atoms with E-state index in [9.17, 15) is 9.90 Å². The zero-order valence-corrected chi connectivity index (χ0v) is 12.4. The molecule has 0 radical (unpaired) electrons. The summed E-state index contributed by atoms with van der Waals surface area (Å²) >= 11 is 0. The summed E-state index contributed by atoms with van der Waals surface area (Å²) in [6.45, 7) is 5.30. The predicted molar refractivity (Wildman–Crippen MR) is 80.6 cm³/mol. The molecule has 5 nitrogen and oxygen atoms in total. The van der Waals surface area contributed by atoms with E-state index in [1.54, 1.807) is 24.3 Å². The van der Waals surface area contributed by atoms with Gasteiger partial charge < -0.3 is 10.4 Å². The lowest BCUT2D eigenvalue weighted by Crippen LogP contribution is -2.50. The van der Waals surface area contributed by atoms with Crippen molar-refractivity contribution in [3.8, 4) is 6.07 Å². The van der Waals surface area contributed by atoms with E-state index < -0.39 is 0 Å². The number of piperidine rings is 1. The molecule has 1 heterocycles. The van der Waals surface area contributed by atoms with Crippen LogP contribution in [0.4, 0.5) is 5.69 Å². The van der Waals surface area contributed by atoms with Gasteiger partial charge in [-0.25, -0.2) is 0 Å². The van der Waals surface area contributed by atoms with Gasteiger partial charge in [0.05, 0.1) is 23.8 Å². The van der Waals surface area contributed by atoms with Crippen molar-refractivity contribution in [1.82, 2.24) is 4.90 Å². The first-order valence-corrected chi connectivity index (χ1v) is 7.24. The van der Waals surface area contributed by atoms with Crippen LogP contribution in [-0.2, 0) is 4.79 Å². The zero-order chi connectivity index (χ0) is 15.4. The highest BCUT2D eigenvalue weighted by atomic mass is 16.3. The molecule has 0 aromatic heterocycles. The summed E-state index contributed by atoms with van der Waals surface area (Å²) in [6.07, 6.45) is 0.423. The lowest BCUT2D eigenvalue weighted by atomic mass is 9.95. The summed E-state index contributed by atoms with van der Waals surface area (Å²) < 4.78 is 0. The molecule has 1 saturated heterocycles. The van der Waals surface area contributed by atoms with E-state index in [2.05, 4.69) is 16.3 Å². The van der Waals surface area contributed by atoms with Crippen molar-refractivity contribution >= 4 is 11.6 Å². The fourth-order valence-electron chi connectivity index (χ4n) is 2.60. The first kappa shape index (κ1) is 15.5. The molecule has 1 aromatic rings. The standard InChI is InChI=1S/C16H21N3O2/c1-11-10-19(7-6-15(11)20)12(2)16(21)18-14-5-3-4-13(8-14)9-17/h3-5,8,11-12,15,20H,6-7,10H2,1-2H3,(H,18,21). The fourth-order valence-corrected chi connectivity index (χ4v) is 2.60. The van der Waals surface area contributed by atoms with Gasteiger partial charge in [-0.15, -0.1) is 0 Å². The van der Waals surface area contributed by atoms with Crippen molar-refractivity contribution in [2.45, 2.75) is 32.4 Å². The molecule has 1 fully saturated rings. The summed E-state index contributed by atoms with van der Waals surface area (Å²) in [6, 6.07) is 8.68. The number of likely N-dealkylation sites (tertiary alicyclic amines) is 1. The topological polar surface area (TPSA) is 76.4 Å². The molecule has 3 unspecified atom stereocenters. The summed E-state index contributed by atoms with van der Waals surface area (Å²) in [5.41, 5.74) is 1.16. The number of nitrogens with zero attached hydrogens (tertiary/aromatic N) is 2. The Morgan fingerprint density at radius 2 is 2.33 bits per heavy atom. The largest absolute Gasteiger partial charge is 0.393 e. The van der Waals surface area contributed by atoms with Gasteiger partial charge in [0, 0.05) is 18.8 Å². The van der Waals surface area contributed by atoms with Crippen LogP contribution in [0.25, 0.3) is 0 Å². The lowest BCUT2D eigenvalue weighted by molar-refractivity contribution is -0.122. The third kappa shape index (κ3) is 3.81. The molecule has 1 aliphatic rings. The molecule has 1 amide bonds. The Kier molecular flexibility index (Phi) is 4.94. The molecular weight excluding hydrogens is 266 g/mol. The number of rotatable bonds is 3. The highest BCUT2D eigenvalue weighted by Crippen LogP contribution is 2.19. The zero-order valence-electron chi connectivity index (χ0n) is 12.4. The first-order chi connectivity index (χ1) is 10.0. The van der Waals surface area contributed by atoms with Crippen LogP contribution in [0.3, 0.4) is 0 Å². The van der Waals surface area contributed by atoms with Gasteiger partial charge in [-0.2, -0.15) is 5.26 Å². The van der Waals surface area contributed by atoms with Gasteiger partial charge in [0.1, 0.15) is 0 Å². The highest BCUT2D eigenvalue weighted by Gasteiger charge is 2.29. The average molecular weight is 287 g/mol. The second-order valence-electron chi connectivity index (χ2n) is 5.69. The van der Waals surface area contributed by atoms with Gasteiger partial charge in [0.15, 0.2) is 0 Å². The van der Waals surface area contributed by atoms with Gasteiger partial charge in [-0.05, 0) is 37.5 Å². The minimum atomic E-state index is -0.274. The van der Waals surface area contributed by atoms with Crippen molar-refractivity contribution < 1.29 is 9.90 Å². The Bertz CT molecular complexity index is 553. The molecular formula is C16H21N3O2. The van der Waals surface area contributed by atoms with Crippen LogP contribution in [0.5, 0.6) is 0 Å². The maximum absolute atomic E-state index is 12.3. The number of hydrogen-bond acceptors (Lipinski definition) is 4. The number of carbonyl (C=O) groups is 1. The Balaban J connectivity index is 1.98. The summed E-state index contributed by atoms with van der Waals surface area (Å²) in [7, 11) is 0. The molecule has 0 saturated carbocycles. The Morgan fingerprint density at radius 3 is 3.00 bits per heavy atom. The molecule has 112 valence electrons. The number of carbonyl (C=O) groups excluding carboxylic acids is 1. The molecule has 0 aliphatic carbocycles. The third-order valence-electron chi connectivity index (χ3n) is 4.08. The molecule has 2 rings (SSSR count). The van der Waals surface area contributed by atoms with Crippen molar-refractivity contribution in [3.63, 3.8) is 0 Å². The number of amides is 1. The number of aliphatic hydroxyl groups excluding tert-OH is 1. The smallest absolute Gasteiger partial charge is 0.241 e. The van der Waals surface area contributed by atoms with Crippen molar-refractivity contribution in [3.05, 3.63) is 29.8 Å². The lowest BCUT2D eigenvalue weighted by Gasteiger charge is -2.37. The van der Waals surface area contributed by atoms with Crippen LogP contribution >= 0.6 is 0 Å². The molecule has 0 spiro atoms. The van der Waals surface area contributed by atoms with Gasteiger partial charge in [-0.1, -0.05) is 13.0 Å². The van der Waals surface area contributed by atoms with Crippen LogP contribution in [0.1, 0.15) is 25.8 Å². The molecule has 0 bridgehead atoms. The average Bonchev–Trinajstić information content (AvgIpc) is 2.49. The Labute approximate surface area is 125 Å². The van der Waals surface area contributed by atoms with Crippen LogP contribution in [-0.4, -0.2) is 41.1 Å². The minimum Gasteiger partial charge on any atom is -0.393 e. The quantitative estimate of drug-likeness (QED) is 0.885. The number of anilines is 1. The first-order valence-electron chi connectivity index (χ1n) is 7.24. The number of hydrogen-bond donors (Lipinski definition) is 2. The maximum Gasteiger partial charge on any atom is 0.241 e. The van der Waals surface area contributed by atoms with E-state index in [0.717, 1.165) is 6.54 Å². The van der Waals surface area contributed by atoms with E-state index in [1.165, 1.54) is 0 Å². The number of benzene rings is 1. The third-order valence-corrected chi connectivity index (χ3v) is 4.08. The Morgan fingerprint density at radius 1 is 1.57 bits per heavy atom.